The molecule has 0 amide bonds. The zero-order valence-electron chi connectivity index (χ0n) is 15.4. The van der Waals surface area contributed by atoms with Gasteiger partial charge in [-0.3, -0.25) is 4.79 Å². The number of nitrogens with one attached hydrogen (secondary N) is 1. The third-order valence-electron chi connectivity index (χ3n) is 5.45. The minimum Gasteiger partial charge on any atom is -0.457 e. The van der Waals surface area contributed by atoms with Gasteiger partial charge >= 0.3 is 0 Å². The lowest BCUT2D eigenvalue weighted by Crippen LogP contribution is -2.24. The Balaban J connectivity index is 1.42. The molecule has 1 saturated carbocycles. The fourth-order valence-electron chi connectivity index (χ4n) is 3.88. The zero-order chi connectivity index (χ0) is 18.6. The van der Waals surface area contributed by atoms with Crippen LogP contribution in [-0.2, 0) is 4.79 Å². The number of nitrogens with two attached hydrogens (primary N) is 1. The first-order valence-corrected chi connectivity index (χ1v) is 9.69. The van der Waals surface area contributed by atoms with Crippen LogP contribution in [0.1, 0.15) is 50.1 Å². The van der Waals surface area contributed by atoms with E-state index in [-0.39, 0.29) is 5.78 Å². The molecular weight excluding hydrogens is 338 g/mol. The maximum atomic E-state index is 12.5. The number of rotatable bonds is 6. The van der Waals surface area contributed by atoms with Crippen LogP contribution in [0.15, 0.2) is 48.8 Å². The smallest absolute Gasteiger partial charge is 0.154 e. The molecule has 3 aromatic rings. The standard InChI is InChI=1S/C22H25N3O2/c23-21(19(26)14-15-4-2-1-3-5-15)16-6-8-17(9-7-16)27-20-11-13-25-22-18(20)10-12-24-22/h6-13,15,21H,1-5,14,23H2,(H,24,25). The fraction of sp³-hybridized carbons (Fsp3) is 0.364. The summed E-state index contributed by atoms with van der Waals surface area (Å²) in [5.74, 6) is 2.10. The monoisotopic (exact) mass is 363 g/mol. The average molecular weight is 363 g/mol. The summed E-state index contributed by atoms with van der Waals surface area (Å²) in [6, 6.07) is 10.7. The Morgan fingerprint density at radius 2 is 1.93 bits per heavy atom. The van der Waals surface area contributed by atoms with E-state index < -0.39 is 6.04 Å². The van der Waals surface area contributed by atoms with E-state index in [1.807, 2.05) is 42.6 Å². The third kappa shape index (κ3) is 4.03. The van der Waals surface area contributed by atoms with Gasteiger partial charge in [0, 0.05) is 18.8 Å². The van der Waals surface area contributed by atoms with E-state index in [1.165, 1.54) is 19.3 Å². The minimum absolute atomic E-state index is 0.138. The first kappa shape index (κ1) is 17.7. The van der Waals surface area contributed by atoms with Crippen LogP contribution in [0, 0.1) is 5.92 Å². The Hall–Kier alpha value is -2.66. The van der Waals surface area contributed by atoms with Crippen molar-refractivity contribution >= 4 is 16.8 Å². The highest BCUT2D eigenvalue weighted by Gasteiger charge is 2.22. The molecule has 0 radical (unpaired) electrons. The number of hydrogen-bond acceptors (Lipinski definition) is 4. The largest absolute Gasteiger partial charge is 0.457 e. The van der Waals surface area contributed by atoms with E-state index in [4.69, 9.17) is 10.5 Å². The van der Waals surface area contributed by atoms with Gasteiger partial charge in [0.1, 0.15) is 17.1 Å². The van der Waals surface area contributed by atoms with Crippen molar-refractivity contribution in [1.29, 1.82) is 0 Å². The molecule has 0 saturated heterocycles. The summed E-state index contributed by atoms with van der Waals surface area (Å²) >= 11 is 0. The topological polar surface area (TPSA) is 81.0 Å². The molecular formula is C22H25N3O2. The number of ketones is 1. The van der Waals surface area contributed by atoms with Crippen molar-refractivity contribution in [3.63, 3.8) is 0 Å². The highest BCUT2D eigenvalue weighted by molar-refractivity contribution is 5.85. The second-order valence-corrected chi connectivity index (χ2v) is 7.37. The summed E-state index contributed by atoms with van der Waals surface area (Å²) in [6.07, 6.45) is 10.2. The predicted octanol–water partition coefficient (Wildman–Crippen LogP) is 4.89. The van der Waals surface area contributed by atoms with Crippen LogP contribution in [-0.4, -0.2) is 15.8 Å². The highest BCUT2D eigenvalue weighted by Crippen LogP contribution is 2.30. The summed E-state index contributed by atoms with van der Waals surface area (Å²) in [5, 5.41) is 0.931. The predicted molar refractivity (Wildman–Crippen MR) is 106 cm³/mol. The van der Waals surface area contributed by atoms with Crippen molar-refractivity contribution in [2.75, 3.05) is 0 Å². The molecule has 1 atom stereocenters. The van der Waals surface area contributed by atoms with Gasteiger partial charge in [-0.2, -0.15) is 0 Å². The molecule has 0 aliphatic heterocycles. The van der Waals surface area contributed by atoms with Crippen LogP contribution in [0.4, 0.5) is 0 Å². The molecule has 140 valence electrons. The lowest BCUT2D eigenvalue weighted by molar-refractivity contribution is -0.121. The fourth-order valence-corrected chi connectivity index (χ4v) is 3.88. The number of pyridine rings is 1. The Labute approximate surface area is 158 Å². The van der Waals surface area contributed by atoms with Crippen LogP contribution in [0.25, 0.3) is 11.0 Å². The summed E-state index contributed by atoms with van der Waals surface area (Å²) < 4.78 is 5.98. The van der Waals surface area contributed by atoms with Crippen molar-refractivity contribution in [1.82, 2.24) is 9.97 Å². The molecule has 0 bridgehead atoms. The molecule has 3 N–H and O–H groups in total. The summed E-state index contributed by atoms with van der Waals surface area (Å²) in [5.41, 5.74) is 7.84. The molecule has 0 spiro atoms. The summed E-state index contributed by atoms with van der Waals surface area (Å²) in [4.78, 5) is 19.9. The number of fused-ring (bicyclic) bond motifs is 1. The molecule has 5 nitrogen and oxygen atoms in total. The van der Waals surface area contributed by atoms with Gasteiger partial charge in [0.05, 0.1) is 11.4 Å². The van der Waals surface area contributed by atoms with E-state index in [1.54, 1.807) is 6.20 Å². The SMILES string of the molecule is NC(C(=O)CC1CCCCC1)c1ccc(Oc2ccnc3[nH]ccc23)cc1. The number of H-pyrrole nitrogens is 1. The molecule has 2 aromatic heterocycles. The van der Waals surface area contributed by atoms with E-state index in [2.05, 4.69) is 9.97 Å². The number of ether oxygens (including phenoxy) is 1. The minimum atomic E-state index is -0.557. The van der Waals surface area contributed by atoms with Crippen LogP contribution in [0.3, 0.4) is 0 Å². The van der Waals surface area contributed by atoms with E-state index in [0.29, 0.717) is 18.1 Å². The van der Waals surface area contributed by atoms with Crippen molar-refractivity contribution in [2.24, 2.45) is 11.7 Å². The number of nitrogens with zero attached hydrogens (tertiary/aromatic N) is 1. The first-order valence-electron chi connectivity index (χ1n) is 9.69. The molecule has 1 aliphatic rings. The second-order valence-electron chi connectivity index (χ2n) is 7.37. The van der Waals surface area contributed by atoms with Crippen molar-refractivity contribution in [3.05, 3.63) is 54.4 Å². The number of carbonyl (C=O) groups is 1. The number of aromatic amines is 1. The van der Waals surface area contributed by atoms with Gasteiger partial charge in [0.25, 0.3) is 0 Å². The van der Waals surface area contributed by atoms with Gasteiger partial charge < -0.3 is 15.5 Å². The molecule has 1 fully saturated rings. The average Bonchev–Trinajstić information content (AvgIpc) is 3.19. The Morgan fingerprint density at radius 1 is 1.15 bits per heavy atom. The van der Waals surface area contributed by atoms with Crippen LogP contribution in [0.2, 0.25) is 0 Å². The Bertz CT molecular complexity index is 911. The van der Waals surface area contributed by atoms with E-state index in [9.17, 15) is 4.79 Å². The number of carbonyl (C=O) groups excluding carboxylic acids is 1. The van der Waals surface area contributed by atoms with Gasteiger partial charge in [-0.15, -0.1) is 0 Å². The Kier molecular flexibility index (Phi) is 5.21. The third-order valence-corrected chi connectivity index (χ3v) is 5.45. The maximum Gasteiger partial charge on any atom is 0.154 e. The van der Waals surface area contributed by atoms with E-state index >= 15 is 0 Å². The van der Waals surface area contributed by atoms with Crippen LogP contribution < -0.4 is 10.5 Å². The van der Waals surface area contributed by atoms with Crippen molar-refractivity contribution in [3.8, 4) is 11.5 Å². The summed E-state index contributed by atoms with van der Waals surface area (Å²) in [6.45, 7) is 0. The molecule has 5 heteroatoms. The summed E-state index contributed by atoms with van der Waals surface area (Å²) in [7, 11) is 0. The normalized spacial score (nSPS) is 16.3. The van der Waals surface area contributed by atoms with Gasteiger partial charge in [0.2, 0.25) is 0 Å². The van der Waals surface area contributed by atoms with Gasteiger partial charge in [-0.25, -0.2) is 4.98 Å². The molecule has 1 unspecified atom stereocenters. The lowest BCUT2D eigenvalue weighted by atomic mass is 9.84. The Morgan fingerprint density at radius 3 is 2.70 bits per heavy atom. The molecule has 2 heterocycles. The maximum absolute atomic E-state index is 12.5. The van der Waals surface area contributed by atoms with Crippen LogP contribution in [0.5, 0.6) is 11.5 Å². The molecule has 1 aromatic carbocycles. The number of hydrogen-bond donors (Lipinski definition) is 2. The van der Waals surface area contributed by atoms with Crippen molar-refractivity contribution in [2.45, 2.75) is 44.6 Å². The van der Waals surface area contributed by atoms with Gasteiger partial charge in [-0.05, 0) is 35.7 Å². The van der Waals surface area contributed by atoms with Gasteiger partial charge in [0.15, 0.2) is 5.78 Å². The lowest BCUT2D eigenvalue weighted by Gasteiger charge is -2.22. The number of aromatic nitrogens is 2. The van der Waals surface area contributed by atoms with Crippen molar-refractivity contribution < 1.29 is 9.53 Å². The quantitative estimate of drug-likeness (QED) is 0.653. The molecule has 4 rings (SSSR count). The van der Waals surface area contributed by atoms with Crippen LogP contribution >= 0.6 is 0 Å². The second kappa shape index (κ2) is 7.92. The number of Topliss-reactive ketones (excluding diaryl/α,β-unsaturated/α-hetero) is 1. The number of benzene rings is 1. The molecule has 1 aliphatic carbocycles. The zero-order valence-corrected chi connectivity index (χ0v) is 15.4. The van der Waals surface area contributed by atoms with Gasteiger partial charge in [-0.1, -0.05) is 44.2 Å². The molecule has 27 heavy (non-hydrogen) atoms. The first-order chi connectivity index (χ1) is 13.2. The van der Waals surface area contributed by atoms with E-state index in [0.717, 1.165) is 35.2 Å². The highest BCUT2D eigenvalue weighted by atomic mass is 16.5.